The van der Waals surface area contributed by atoms with Crippen molar-refractivity contribution in [1.82, 2.24) is 14.8 Å². The number of nitrogens with zero attached hydrogens (tertiary/aromatic N) is 3. The molecule has 5 nitrogen and oxygen atoms in total. The topological polar surface area (TPSA) is 66.0 Å². The van der Waals surface area contributed by atoms with E-state index in [4.69, 9.17) is 10.5 Å². The zero-order chi connectivity index (χ0) is 13.9. The number of ether oxygens (including phenoxy) is 1. The van der Waals surface area contributed by atoms with Gasteiger partial charge in [-0.25, -0.2) is 0 Å². The summed E-state index contributed by atoms with van der Waals surface area (Å²) in [6.45, 7) is 4.10. The maximum absolute atomic E-state index is 5.71. The molecule has 1 unspecified atom stereocenters. The Balaban J connectivity index is 1.70. The summed E-state index contributed by atoms with van der Waals surface area (Å²) in [5.74, 6) is 3.22. The van der Waals surface area contributed by atoms with Gasteiger partial charge >= 0.3 is 0 Å². The van der Waals surface area contributed by atoms with Crippen molar-refractivity contribution in [3.05, 3.63) is 35.7 Å². The summed E-state index contributed by atoms with van der Waals surface area (Å²) in [5, 5.41) is 9.30. The van der Waals surface area contributed by atoms with Gasteiger partial charge in [0.1, 0.15) is 11.6 Å². The largest absolute Gasteiger partial charge is 0.493 e. The number of hydrogen-bond acceptors (Lipinski definition) is 5. The SMILES string of the molecule is CCn1c(CN)nnc1SCC1COc2ccccc21. The molecular weight excluding hydrogens is 272 g/mol. The van der Waals surface area contributed by atoms with Crippen molar-refractivity contribution >= 4 is 11.8 Å². The lowest BCUT2D eigenvalue weighted by Gasteiger charge is -2.09. The lowest BCUT2D eigenvalue weighted by atomic mass is 10.0. The Hall–Kier alpha value is -1.53. The fourth-order valence-corrected chi connectivity index (χ4v) is 3.55. The predicted octanol–water partition coefficient (Wildman–Crippen LogP) is 2.02. The molecule has 2 N–H and O–H groups in total. The van der Waals surface area contributed by atoms with Crippen molar-refractivity contribution in [3.63, 3.8) is 0 Å². The molecule has 106 valence electrons. The minimum Gasteiger partial charge on any atom is -0.493 e. The zero-order valence-electron chi connectivity index (χ0n) is 11.5. The third-order valence-corrected chi connectivity index (χ3v) is 4.63. The van der Waals surface area contributed by atoms with E-state index < -0.39 is 0 Å². The van der Waals surface area contributed by atoms with Crippen LogP contribution in [-0.2, 0) is 13.1 Å². The monoisotopic (exact) mass is 290 g/mol. The van der Waals surface area contributed by atoms with Crippen LogP contribution in [-0.4, -0.2) is 27.1 Å². The Morgan fingerprint density at radius 2 is 2.25 bits per heavy atom. The van der Waals surface area contributed by atoms with E-state index in [0.717, 1.165) is 35.6 Å². The first-order valence-corrected chi connectivity index (χ1v) is 7.78. The molecule has 1 aromatic heterocycles. The van der Waals surface area contributed by atoms with Gasteiger partial charge in [0.2, 0.25) is 0 Å². The quantitative estimate of drug-likeness (QED) is 0.853. The first-order chi connectivity index (χ1) is 9.83. The molecule has 0 spiro atoms. The van der Waals surface area contributed by atoms with Gasteiger partial charge < -0.3 is 15.0 Å². The van der Waals surface area contributed by atoms with E-state index in [0.29, 0.717) is 12.5 Å². The zero-order valence-corrected chi connectivity index (χ0v) is 12.3. The van der Waals surface area contributed by atoms with Gasteiger partial charge in [0.05, 0.1) is 13.2 Å². The molecule has 2 aromatic rings. The molecule has 1 aliphatic heterocycles. The summed E-state index contributed by atoms with van der Waals surface area (Å²) in [5.41, 5.74) is 6.96. The highest BCUT2D eigenvalue weighted by Gasteiger charge is 2.24. The summed E-state index contributed by atoms with van der Waals surface area (Å²) >= 11 is 1.72. The normalized spacial score (nSPS) is 17.0. The number of benzene rings is 1. The van der Waals surface area contributed by atoms with E-state index >= 15 is 0 Å². The fourth-order valence-electron chi connectivity index (χ4n) is 2.44. The molecule has 0 fully saturated rings. The second-order valence-corrected chi connectivity index (χ2v) is 5.69. The number of nitrogens with two attached hydrogens (primary N) is 1. The molecule has 2 heterocycles. The van der Waals surface area contributed by atoms with Crippen LogP contribution < -0.4 is 10.5 Å². The van der Waals surface area contributed by atoms with Gasteiger partial charge in [-0.2, -0.15) is 0 Å². The summed E-state index contributed by atoms with van der Waals surface area (Å²) in [6, 6.07) is 8.24. The second-order valence-electron chi connectivity index (χ2n) is 4.70. The Morgan fingerprint density at radius 1 is 1.40 bits per heavy atom. The van der Waals surface area contributed by atoms with Crippen LogP contribution in [0.1, 0.15) is 24.2 Å². The molecule has 0 amide bonds. The lowest BCUT2D eigenvalue weighted by molar-refractivity contribution is 0.338. The maximum Gasteiger partial charge on any atom is 0.191 e. The van der Waals surface area contributed by atoms with Crippen molar-refractivity contribution in [3.8, 4) is 5.75 Å². The third kappa shape index (κ3) is 2.41. The minimum absolute atomic E-state index is 0.416. The van der Waals surface area contributed by atoms with Crippen LogP contribution in [0.5, 0.6) is 5.75 Å². The number of rotatable bonds is 5. The van der Waals surface area contributed by atoms with Gasteiger partial charge in [-0.15, -0.1) is 10.2 Å². The van der Waals surface area contributed by atoms with Crippen LogP contribution in [0.25, 0.3) is 0 Å². The number of para-hydroxylation sites is 1. The van der Waals surface area contributed by atoms with Crippen LogP contribution in [0.3, 0.4) is 0 Å². The molecule has 20 heavy (non-hydrogen) atoms. The van der Waals surface area contributed by atoms with E-state index in [1.165, 1.54) is 5.56 Å². The highest BCUT2D eigenvalue weighted by Crippen LogP contribution is 2.36. The van der Waals surface area contributed by atoms with Crippen LogP contribution in [0.4, 0.5) is 0 Å². The predicted molar refractivity (Wildman–Crippen MR) is 79.0 cm³/mol. The smallest absolute Gasteiger partial charge is 0.191 e. The Morgan fingerprint density at radius 3 is 3.05 bits per heavy atom. The van der Waals surface area contributed by atoms with Gasteiger partial charge in [0.15, 0.2) is 5.16 Å². The van der Waals surface area contributed by atoms with Crippen molar-refractivity contribution in [1.29, 1.82) is 0 Å². The van der Waals surface area contributed by atoms with Crippen LogP contribution in [0.2, 0.25) is 0 Å². The molecule has 6 heteroatoms. The lowest BCUT2D eigenvalue weighted by Crippen LogP contribution is -2.09. The minimum atomic E-state index is 0.416. The number of thioether (sulfide) groups is 1. The van der Waals surface area contributed by atoms with E-state index in [-0.39, 0.29) is 0 Å². The highest BCUT2D eigenvalue weighted by molar-refractivity contribution is 7.99. The standard InChI is InChI=1S/C14H18N4OS/c1-2-18-13(7-15)16-17-14(18)20-9-10-8-19-12-6-4-3-5-11(10)12/h3-6,10H,2,7-9,15H2,1H3. The Bertz CT molecular complexity index is 599. The Labute approximate surface area is 122 Å². The average Bonchev–Trinajstić information content (AvgIpc) is 3.08. The molecule has 0 radical (unpaired) electrons. The van der Waals surface area contributed by atoms with Gasteiger partial charge in [0.25, 0.3) is 0 Å². The summed E-state index contributed by atoms with van der Waals surface area (Å²) in [6.07, 6.45) is 0. The molecule has 0 bridgehead atoms. The number of hydrogen-bond donors (Lipinski definition) is 1. The molecule has 1 aromatic carbocycles. The van der Waals surface area contributed by atoms with Crippen molar-refractivity contribution in [2.24, 2.45) is 5.73 Å². The Kier molecular flexibility index (Phi) is 3.93. The fraction of sp³-hybridized carbons (Fsp3) is 0.429. The van der Waals surface area contributed by atoms with E-state index in [2.05, 4.69) is 33.8 Å². The molecule has 1 aliphatic rings. The van der Waals surface area contributed by atoms with Gasteiger partial charge in [-0.05, 0) is 13.0 Å². The highest BCUT2D eigenvalue weighted by atomic mass is 32.2. The van der Waals surface area contributed by atoms with E-state index in [1.54, 1.807) is 11.8 Å². The van der Waals surface area contributed by atoms with Gasteiger partial charge in [-0.3, -0.25) is 0 Å². The van der Waals surface area contributed by atoms with Crippen LogP contribution in [0, 0.1) is 0 Å². The number of fused-ring (bicyclic) bond motifs is 1. The van der Waals surface area contributed by atoms with Crippen molar-refractivity contribution in [2.75, 3.05) is 12.4 Å². The molecule has 0 aliphatic carbocycles. The maximum atomic E-state index is 5.71. The summed E-state index contributed by atoms with van der Waals surface area (Å²) in [7, 11) is 0. The molecule has 3 rings (SSSR count). The van der Waals surface area contributed by atoms with Crippen molar-refractivity contribution in [2.45, 2.75) is 31.1 Å². The van der Waals surface area contributed by atoms with Crippen molar-refractivity contribution < 1.29 is 4.74 Å². The number of aromatic nitrogens is 3. The van der Waals surface area contributed by atoms with E-state index in [1.807, 2.05) is 12.1 Å². The average molecular weight is 290 g/mol. The molecule has 0 saturated heterocycles. The summed E-state index contributed by atoms with van der Waals surface area (Å²) < 4.78 is 7.78. The molecular formula is C14H18N4OS. The van der Waals surface area contributed by atoms with Gasteiger partial charge in [0, 0.05) is 23.8 Å². The summed E-state index contributed by atoms with van der Waals surface area (Å²) in [4.78, 5) is 0. The molecule has 1 atom stereocenters. The second kappa shape index (κ2) is 5.85. The van der Waals surface area contributed by atoms with Crippen LogP contribution in [0.15, 0.2) is 29.4 Å². The first kappa shape index (κ1) is 13.5. The van der Waals surface area contributed by atoms with E-state index in [9.17, 15) is 0 Å². The van der Waals surface area contributed by atoms with Crippen LogP contribution >= 0.6 is 11.8 Å². The third-order valence-electron chi connectivity index (χ3n) is 3.50. The van der Waals surface area contributed by atoms with Gasteiger partial charge in [-0.1, -0.05) is 30.0 Å². The first-order valence-electron chi connectivity index (χ1n) is 6.80. The molecule has 0 saturated carbocycles.